The second-order valence-electron chi connectivity index (χ2n) is 5.04. The van der Waals surface area contributed by atoms with Gasteiger partial charge in [-0.1, -0.05) is 12.1 Å². The molecule has 0 radical (unpaired) electrons. The largest absolute Gasteiger partial charge is 0.346 e. The summed E-state index contributed by atoms with van der Waals surface area (Å²) >= 11 is 0. The maximum Gasteiger partial charge on any atom is 0.251 e. The number of hydrogen-bond donors (Lipinski definition) is 1. The van der Waals surface area contributed by atoms with Crippen molar-refractivity contribution in [2.24, 2.45) is 0 Å². The van der Waals surface area contributed by atoms with Gasteiger partial charge in [-0.2, -0.15) is 0 Å². The number of halogens is 1. The summed E-state index contributed by atoms with van der Waals surface area (Å²) in [5.74, 6) is -0.657. The van der Waals surface area contributed by atoms with Crippen molar-refractivity contribution in [3.63, 3.8) is 0 Å². The number of hydrogen-bond acceptors (Lipinski definition) is 3. The smallest absolute Gasteiger partial charge is 0.251 e. The van der Waals surface area contributed by atoms with Crippen LogP contribution in [0.25, 0.3) is 0 Å². The number of amides is 1. The third-order valence-electron chi connectivity index (χ3n) is 3.26. The molecule has 1 N–H and O–H groups in total. The van der Waals surface area contributed by atoms with Crippen molar-refractivity contribution >= 4 is 15.7 Å². The van der Waals surface area contributed by atoms with Crippen LogP contribution in [0.3, 0.4) is 0 Å². The van der Waals surface area contributed by atoms with E-state index in [1.165, 1.54) is 36.4 Å². The minimum Gasteiger partial charge on any atom is -0.346 e. The topological polar surface area (TPSA) is 63.2 Å². The Kier molecular flexibility index (Phi) is 4.61. The van der Waals surface area contributed by atoms with Gasteiger partial charge in [0.05, 0.1) is 10.9 Å². The van der Waals surface area contributed by atoms with Crippen molar-refractivity contribution in [2.75, 3.05) is 6.26 Å². The Morgan fingerprint density at radius 1 is 1.05 bits per heavy atom. The van der Waals surface area contributed by atoms with Crippen molar-refractivity contribution in [3.05, 3.63) is 65.5 Å². The molecule has 0 saturated carbocycles. The Balaban J connectivity index is 2.10. The number of carbonyl (C=O) groups is 1. The van der Waals surface area contributed by atoms with E-state index in [0.717, 1.165) is 11.8 Å². The van der Waals surface area contributed by atoms with Crippen molar-refractivity contribution in [1.82, 2.24) is 5.32 Å². The van der Waals surface area contributed by atoms with E-state index in [0.29, 0.717) is 5.56 Å². The first-order chi connectivity index (χ1) is 10.3. The van der Waals surface area contributed by atoms with Crippen LogP contribution in [0.2, 0.25) is 0 Å². The van der Waals surface area contributed by atoms with Crippen LogP contribution in [0.5, 0.6) is 0 Å². The SMILES string of the molecule is C[C@H](NC(=O)c1ccc(S(C)(=O)=O)cc1)c1ccc(F)cc1. The molecule has 22 heavy (non-hydrogen) atoms. The molecule has 4 nitrogen and oxygen atoms in total. The molecule has 6 heteroatoms. The molecule has 0 aliphatic heterocycles. The van der Waals surface area contributed by atoms with Gasteiger partial charge < -0.3 is 5.32 Å². The molecular weight excluding hydrogens is 305 g/mol. The average molecular weight is 321 g/mol. The molecular formula is C16H16FNO3S. The molecule has 116 valence electrons. The van der Waals surface area contributed by atoms with E-state index in [4.69, 9.17) is 0 Å². The fourth-order valence-electron chi connectivity index (χ4n) is 1.97. The molecule has 2 rings (SSSR count). The Morgan fingerprint density at radius 2 is 1.59 bits per heavy atom. The summed E-state index contributed by atoms with van der Waals surface area (Å²) in [4.78, 5) is 12.3. The molecule has 0 unspecified atom stereocenters. The maximum atomic E-state index is 12.9. The first-order valence-corrected chi connectivity index (χ1v) is 8.53. The van der Waals surface area contributed by atoms with Gasteiger partial charge in [-0.3, -0.25) is 4.79 Å². The van der Waals surface area contributed by atoms with Crippen molar-refractivity contribution in [3.8, 4) is 0 Å². The lowest BCUT2D eigenvalue weighted by Crippen LogP contribution is -2.26. The van der Waals surface area contributed by atoms with Crippen LogP contribution in [0.4, 0.5) is 4.39 Å². The fraction of sp³-hybridized carbons (Fsp3) is 0.188. The van der Waals surface area contributed by atoms with E-state index in [2.05, 4.69) is 5.32 Å². The summed E-state index contributed by atoms with van der Waals surface area (Å²) in [6.07, 6.45) is 1.11. The summed E-state index contributed by atoms with van der Waals surface area (Å²) in [5.41, 5.74) is 1.14. The van der Waals surface area contributed by atoms with Gasteiger partial charge in [-0.15, -0.1) is 0 Å². The van der Waals surface area contributed by atoms with E-state index in [1.807, 2.05) is 0 Å². The van der Waals surface area contributed by atoms with E-state index in [1.54, 1.807) is 19.1 Å². The second kappa shape index (κ2) is 6.27. The van der Waals surface area contributed by atoms with Crippen LogP contribution in [0.1, 0.15) is 28.9 Å². The van der Waals surface area contributed by atoms with E-state index in [-0.39, 0.29) is 22.7 Å². The molecule has 2 aromatic rings. The molecule has 0 fully saturated rings. The van der Waals surface area contributed by atoms with E-state index in [9.17, 15) is 17.6 Å². The van der Waals surface area contributed by atoms with Crippen LogP contribution in [0, 0.1) is 5.82 Å². The molecule has 0 spiro atoms. The Bertz CT molecular complexity index is 768. The third-order valence-corrected chi connectivity index (χ3v) is 4.39. The van der Waals surface area contributed by atoms with Gasteiger partial charge in [0.25, 0.3) is 5.91 Å². The van der Waals surface area contributed by atoms with Crippen molar-refractivity contribution in [2.45, 2.75) is 17.9 Å². The second-order valence-corrected chi connectivity index (χ2v) is 7.06. The number of benzene rings is 2. The van der Waals surface area contributed by atoms with E-state index < -0.39 is 9.84 Å². The lowest BCUT2D eigenvalue weighted by molar-refractivity contribution is 0.0940. The van der Waals surface area contributed by atoms with Crippen LogP contribution in [-0.4, -0.2) is 20.6 Å². The lowest BCUT2D eigenvalue weighted by atomic mass is 10.1. The standard InChI is InChI=1S/C16H16FNO3S/c1-11(12-3-7-14(17)8-4-12)18-16(19)13-5-9-15(10-6-13)22(2,20)21/h3-11H,1-2H3,(H,18,19)/t11-/m0/s1. The fourth-order valence-corrected chi connectivity index (χ4v) is 2.60. The quantitative estimate of drug-likeness (QED) is 0.942. The first kappa shape index (κ1) is 16.2. The predicted molar refractivity (Wildman–Crippen MR) is 81.8 cm³/mol. The zero-order valence-corrected chi connectivity index (χ0v) is 13.0. The first-order valence-electron chi connectivity index (χ1n) is 6.64. The van der Waals surface area contributed by atoms with Gasteiger partial charge >= 0.3 is 0 Å². The van der Waals surface area contributed by atoms with Gasteiger partial charge in [-0.25, -0.2) is 12.8 Å². The number of nitrogens with one attached hydrogen (secondary N) is 1. The van der Waals surface area contributed by atoms with Crippen LogP contribution >= 0.6 is 0 Å². The van der Waals surface area contributed by atoms with Gasteiger partial charge in [0.15, 0.2) is 9.84 Å². The monoisotopic (exact) mass is 321 g/mol. The minimum atomic E-state index is -3.28. The summed E-state index contributed by atoms with van der Waals surface area (Å²) in [5, 5.41) is 2.78. The molecule has 0 heterocycles. The highest BCUT2D eigenvalue weighted by molar-refractivity contribution is 7.90. The van der Waals surface area contributed by atoms with Gasteiger partial charge in [0, 0.05) is 11.8 Å². The average Bonchev–Trinajstić information content (AvgIpc) is 2.47. The Morgan fingerprint density at radius 3 is 2.09 bits per heavy atom. The zero-order valence-electron chi connectivity index (χ0n) is 12.2. The predicted octanol–water partition coefficient (Wildman–Crippen LogP) is 2.72. The summed E-state index contributed by atoms with van der Waals surface area (Å²) < 4.78 is 35.6. The highest BCUT2D eigenvalue weighted by Gasteiger charge is 2.13. The summed E-state index contributed by atoms with van der Waals surface area (Å²) in [6.45, 7) is 1.79. The number of sulfone groups is 1. The molecule has 0 aliphatic carbocycles. The van der Waals surface area contributed by atoms with Crippen LogP contribution in [-0.2, 0) is 9.84 Å². The number of carbonyl (C=O) groups excluding carboxylic acids is 1. The van der Waals surface area contributed by atoms with Crippen molar-refractivity contribution < 1.29 is 17.6 Å². The molecule has 1 amide bonds. The van der Waals surface area contributed by atoms with Crippen molar-refractivity contribution in [1.29, 1.82) is 0 Å². The van der Waals surface area contributed by atoms with Gasteiger partial charge in [0.2, 0.25) is 0 Å². The van der Waals surface area contributed by atoms with Gasteiger partial charge in [0.1, 0.15) is 5.82 Å². The van der Waals surface area contributed by atoms with Gasteiger partial charge in [-0.05, 0) is 48.9 Å². The lowest BCUT2D eigenvalue weighted by Gasteiger charge is -2.14. The third kappa shape index (κ3) is 3.92. The Hall–Kier alpha value is -2.21. The summed E-state index contributed by atoms with van der Waals surface area (Å²) in [7, 11) is -3.28. The summed E-state index contributed by atoms with van der Waals surface area (Å²) in [6, 6.07) is 11.3. The zero-order chi connectivity index (χ0) is 16.3. The molecule has 0 aromatic heterocycles. The molecule has 0 bridgehead atoms. The minimum absolute atomic E-state index is 0.163. The molecule has 2 aromatic carbocycles. The number of rotatable bonds is 4. The molecule has 0 aliphatic rings. The van der Waals surface area contributed by atoms with Crippen LogP contribution in [0.15, 0.2) is 53.4 Å². The highest BCUT2D eigenvalue weighted by Crippen LogP contribution is 2.15. The molecule has 0 saturated heterocycles. The normalized spacial score (nSPS) is 12.7. The Labute approximate surface area is 128 Å². The maximum absolute atomic E-state index is 12.9. The van der Waals surface area contributed by atoms with Crippen LogP contribution < -0.4 is 5.32 Å². The highest BCUT2D eigenvalue weighted by atomic mass is 32.2. The van der Waals surface area contributed by atoms with E-state index >= 15 is 0 Å². The molecule has 1 atom stereocenters.